The fourth-order valence-corrected chi connectivity index (χ4v) is 4.05. The van der Waals surface area contributed by atoms with Crippen molar-refractivity contribution in [3.63, 3.8) is 0 Å². The van der Waals surface area contributed by atoms with Gasteiger partial charge in [0.1, 0.15) is 5.75 Å². The zero-order valence-corrected chi connectivity index (χ0v) is 18.8. The highest BCUT2D eigenvalue weighted by molar-refractivity contribution is 8.18. The monoisotopic (exact) mass is 442 g/mol. The third kappa shape index (κ3) is 7.22. The highest BCUT2D eigenvalue weighted by atomic mass is 35.5. The van der Waals surface area contributed by atoms with Crippen molar-refractivity contribution < 1.29 is 9.53 Å². The van der Waals surface area contributed by atoms with E-state index in [2.05, 4.69) is 17.2 Å². The number of aliphatic imine (C=N–C) groups is 1. The normalized spacial score (nSPS) is 16.3. The molecule has 2 aromatic rings. The number of ether oxygens (including phenoxy) is 1. The van der Waals surface area contributed by atoms with E-state index in [0.717, 1.165) is 24.3 Å². The molecule has 30 heavy (non-hydrogen) atoms. The van der Waals surface area contributed by atoms with E-state index in [-0.39, 0.29) is 5.91 Å². The number of nitrogens with one attached hydrogen (secondary N) is 1. The van der Waals surface area contributed by atoms with Crippen molar-refractivity contribution in [2.75, 3.05) is 6.61 Å². The summed E-state index contributed by atoms with van der Waals surface area (Å²) in [5, 5.41) is 3.95. The summed E-state index contributed by atoms with van der Waals surface area (Å²) in [4.78, 5) is 17.3. The Labute approximate surface area is 187 Å². The van der Waals surface area contributed by atoms with Crippen LogP contribution in [0.2, 0.25) is 5.02 Å². The van der Waals surface area contributed by atoms with Crippen LogP contribution in [0, 0.1) is 0 Å². The fourth-order valence-electron chi connectivity index (χ4n) is 3.03. The first-order valence-corrected chi connectivity index (χ1v) is 11.6. The molecule has 2 aromatic carbocycles. The fraction of sp³-hybridized carbons (Fsp3) is 0.333. The van der Waals surface area contributed by atoms with Crippen molar-refractivity contribution in [1.29, 1.82) is 0 Å². The van der Waals surface area contributed by atoms with Gasteiger partial charge in [-0.25, -0.2) is 4.99 Å². The molecule has 1 N–H and O–H groups in total. The largest absolute Gasteiger partial charge is 0.494 e. The Hall–Kier alpha value is -2.24. The van der Waals surface area contributed by atoms with Gasteiger partial charge in [-0.2, -0.15) is 0 Å². The molecule has 1 fully saturated rings. The number of nitrogens with zero attached hydrogens (tertiary/aromatic N) is 1. The van der Waals surface area contributed by atoms with Crippen LogP contribution in [0.25, 0.3) is 6.08 Å². The molecule has 0 saturated carbocycles. The van der Waals surface area contributed by atoms with Crippen LogP contribution in [0.4, 0.5) is 5.69 Å². The Bertz CT molecular complexity index is 910. The van der Waals surface area contributed by atoms with E-state index in [1.165, 1.54) is 43.9 Å². The van der Waals surface area contributed by atoms with E-state index in [1.807, 2.05) is 42.5 Å². The Balaban J connectivity index is 1.51. The highest BCUT2D eigenvalue weighted by Gasteiger charge is 2.23. The first-order valence-electron chi connectivity index (χ1n) is 10.4. The molecule has 1 aliphatic heterocycles. The molecular weight excluding hydrogens is 416 g/mol. The van der Waals surface area contributed by atoms with Crippen LogP contribution in [0.5, 0.6) is 5.75 Å². The predicted molar refractivity (Wildman–Crippen MR) is 128 cm³/mol. The second-order valence-electron chi connectivity index (χ2n) is 7.15. The number of hydrogen-bond donors (Lipinski definition) is 1. The molecule has 0 aromatic heterocycles. The van der Waals surface area contributed by atoms with Crippen molar-refractivity contribution >= 4 is 46.2 Å². The maximum absolute atomic E-state index is 12.2. The Morgan fingerprint density at radius 2 is 1.83 bits per heavy atom. The Morgan fingerprint density at radius 1 is 1.07 bits per heavy atom. The van der Waals surface area contributed by atoms with E-state index in [4.69, 9.17) is 16.3 Å². The molecule has 0 unspecified atom stereocenters. The number of hydrogen-bond acceptors (Lipinski definition) is 4. The van der Waals surface area contributed by atoms with Gasteiger partial charge in [0.25, 0.3) is 5.91 Å². The zero-order chi connectivity index (χ0) is 21.2. The van der Waals surface area contributed by atoms with Crippen molar-refractivity contribution in [3.05, 3.63) is 64.0 Å². The van der Waals surface area contributed by atoms with Gasteiger partial charge in [0.2, 0.25) is 0 Å². The maximum atomic E-state index is 12.2. The van der Waals surface area contributed by atoms with E-state index < -0.39 is 0 Å². The summed E-state index contributed by atoms with van der Waals surface area (Å²) >= 11 is 7.31. The molecule has 0 aliphatic carbocycles. The van der Waals surface area contributed by atoms with E-state index in [9.17, 15) is 4.79 Å². The smallest absolute Gasteiger partial charge is 0.264 e. The van der Waals surface area contributed by atoms with Gasteiger partial charge in [-0.05, 0) is 60.2 Å². The third-order valence-electron chi connectivity index (χ3n) is 4.63. The summed E-state index contributed by atoms with van der Waals surface area (Å²) < 4.78 is 5.82. The topological polar surface area (TPSA) is 50.7 Å². The van der Waals surface area contributed by atoms with Gasteiger partial charge >= 0.3 is 0 Å². The molecule has 1 saturated heterocycles. The lowest BCUT2D eigenvalue weighted by Crippen LogP contribution is -2.19. The molecule has 4 nitrogen and oxygen atoms in total. The van der Waals surface area contributed by atoms with Crippen LogP contribution in [0.1, 0.15) is 51.0 Å². The minimum Gasteiger partial charge on any atom is -0.494 e. The van der Waals surface area contributed by atoms with Crippen molar-refractivity contribution in [3.8, 4) is 5.75 Å². The summed E-state index contributed by atoms with van der Waals surface area (Å²) in [6, 6.07) is 15.0. The van der Waals surface area contributed by atoms with Gasteiger partial charge in [-0.15, -0.1) is 0 Å². The number of amidine groups is 1. The van der Waals surface area contributed by atoms with E-state index in [0.29, 0.717) is 20.8 Å². The lowest BCUT2D eigenvalue weighted by atomic mass is 10.1. The van der Waals surface area contributed by atoms with Gasteiger partial charge in [-0.3, -0.25) is 4.79 Å². The van der Waals surface area contributed by atoms with Crippen LogP contribution >= 0.6 is 23.4 Å². The van der Waals surface area contributed by atoms with Crippen LogP contribution in [0.15, 0.2) is 58.4 Å². The number of halogens is 1. The first-order chi connectivity index (χ1) is 14.6. The number of amides is 1. The van der Waals surface area contributed by atoms with Gasteiger partial charge < -0.3 is 10.1 Å². The molecule has 0 spiro atoms. The van der Waals surface area contributed by atoms with Crippen molar-refractivity contribution in [1.82, 2.24) is 5.32 Å². The van der Waals surface area contributed by atoms with E-state index in [1.54, 1.807) is 12.1 Å². The van der Waals surface area contributed by atoms with Gasteiger partial charge in [-0.1, -0.05) is 68.8 Å². The molecule has 0 bridgehead atoms. The molecule has 3 rings (SSSR count). The first kappa shape index (κ1) is 22.4. The van der Waals surface area contributed by atoms with Crippen LogP contribution in [-0.4, -0.2) is 17.7 Å². The number of thioether (sulfide) groups is 1. The minimum atomic E-state index is -0.149. The second kappa shape index (κ2) is 11.8. The molecule has 1 aliphatic rings. The summed E-state index contributed by atoms with van der Waals surface area (Å²) in [5.74, 6) is 0.710. The van der Waals surface area contributed by atoms with Crippen LogP contribution in [-0.2, 0) is 4.79 Å². The van der Waals surface area contributed by atoms with Crippen molar-refractivity contribution in [2.24, 2.45) is 4.99 Å². The predicted octanol–water partition coefficient (Wildman–Crippen LogP) is 6.97. The molecule has 6 heteroatoms. The summed E-state index contributed by atoms with van der Waals surface area (Å²) in [6.45, 7) is 2.97. The number of carbonyl (C=O) groups excluding carboxylic acids is 1. The van der Waals surface area contributed by atoms with E-state index >= 15 is 0 Å². The average molecular weight is 443 g/mol. The summed E-state index contributed by atoms with van der Waals surface area (Å²) in [7, 11) is 0. The van der Waals surface area contributed by atoms with Gasteiger partial charge in [0.15, 0.2) is 5.17 Å². The second-order valence-corrected chi connectivity index (χ2v) is 8.61. The SMILES string of the molecule is CCCCCCCCOc1ccc(C=C2SC(=Nc3cccc(Cl)c3)NC2=O)cc1. The molecule has 1 heterocycles. The molecule has 158 valence electrons. The highest BCUT2D eigenvalue weighted by Crippen LogP contribution is 2.29. The number of benzene rings is 2. The Morgan fingerprint density at radius 3 is 2.60 bits per heavy atom. The van der Waals surface area contributed by atoms with Crippen molar-refractivity contribution in [2.45, 2.75) is 45.4 Å². The maximum Gasteiger partial charge on any atom is 0.264 e. The minimum absolute atomic E-state index is 0.149. The lowest BCUT2D eigenvalue weighted by Gasteiger charge is -2.06. The average Bonchev–Trinajstić information content (AvgIpc) is 3.07. The zero-order valence-electron chi connectivity index (χ0n) is 17.2. The molecule has 0 radical (unpaired) electrons. The standard InChI is InChI=1S/C24H27ClN2O2S/c1-2-3-4-5-6-7-15-29-21-13-11-18(12-14-21)16-22-23(28)27-24(30-22)26-20-10-8-9-19(25)17-20/h8-14,16-17H,2-7,15H2,1H3,(H,26,27,28). The number of carbonyl (C=O) groups is 1. The summed E-state index contributed by atoms with van der Waals surface area (Å²) in [6.07, 6.45) is 9.36. The Kier molecular flexibility index (Phi) is 8.84. The number of rotatable bonds is 10. The van der Waals surface area contributed by atoms with Gasteiger partial charge in [0.05, 0.1) is 17.2 Å². The molecular formula is C24H27ClN2O2S. The molecule has 1 amide bonds. The van der Waals surface area contributed by atoms with Crippen LogP contribution in [0.3, 0.4) is 0 Å². The summed E-state index contributed by atoms with van der Waals surface area (Å²) in [5.41, 5.74) is 1.65. The van der Waals surface area contributed by atoms with Gasteiger partial charge in [0, 0.05) is 5.02 Å². The lowest BCUT2D eigenvalue weighted by molar-refractivity contribution is -0.115. The quantitative estimate of drug-likeness (QED) is 0.319. The molecule has 0 atom stereocenters. The third-order valence-corrected chi connectivity index (χ3v) is 5.78. The van der Waals surface area contributed by atoms with Crippen LogP contribution < -0.4 is 10.1 Å². The number of unbranched alkanes of at least 4 members (excludes halogenated alkanes) is 5.